The van der Waals surface area contributed by atoms with Crippen LogP contribution in [0.15, 0.2) is 37.0 Å². The fraction of sp³-hybridized carbons (Fsp3) is 0.222. The topological polar surface area (TPSA) is 17.1 Å². The maximum Gasteiger partial charge on any atom is 0.134 e. The van der Waals surface area contributed by atoms with Gasteiger partial charge in [-0.05, 0) is 12.5 Å². The van der Waals surface area contributed by atoms with E-state index in [-0.39, 0.29) is 5.78 Å². The molecule has 0 aliphatic carbocycles. The minimum absolute atomic E-state index is 0.146. The molecule has 0 aromatic rings. The Morgan fingerprint density at radius 3 is 2.40 bits per heavy atom. The van der Waals surface area contributed by atoms with Crippen molar-refractivity contribution in [2.45, 2.75) is 13.3 Å². The second-order valence-electron chi connectivity index (χ2n) is 2.06. The molecule has 0 N–H and O–H groups in total. The van der Waals surface area contributed by atoms with Gasteiger partial charge >= 0.3 is 0 Å². The van der Waals surface area contributed by atoms with Gasteiger partial charge in [0.05, 0.1) is 0 Å². The molecule has 0 atom stereocenters. The zero-order valence-corrected chi connectivity index (χ0v) is 6.26. The molecule has 0 aromatic heterocycles. The second kappa shape index (κ2) is 4.74. The van der Waals surface area contributed by atoms with Gasteiger partial charge in [-0.25, -0.2) is 0 Å². The van der Waals surface area contributed by atoms with Crippen LogP contribution in [0.2, 0.25) is 0 Å². The van der Waals surface area contributed by atoms with Gasteiger partial charge in [-0.2, -0.15) is 0 Å². The minimum atomic E-state index is 0.146. The molecule has 1 heteroatoms. The SMILES string of the molecule is C=C/C=C(\C=C)CC(C)=O. The van der Waals surface area contributed by atoms with Crippen LogP contribution in [0.3, 0.4) is 0 Å². The van der Waals surface area contributed by atoms with Crippen molar-refractivity contribution in [1.82, 2.24) is 0 Å². The fourth-order valence-corrected chi connectivity index (χ4v) is 0.638. The van der Waals surface area contributed by atoms with Gasteiger partial charge in [-0.15, -0.1) is 0 Å². The van der Waals surface area contributed by atoms with Crippen LogP contribution >= 0.6 is 0 Å². The normalized spacial score (nSPS) is 10.7. The Hall–Kier alpha value is -1.11. The van der Waals surface area contributed by atoms with Crippen molar-refractivity contribution in [3.63, 3.8) is 0 Å². The van der Waals surface area contributed by atoms with E-state index in [0.717, 1.165) is 5.57 Å². The van der Waals surface area contributed by atoms with E-state index in [1.807, 2.05) is 0 Å². The van der Waals surface area contributed by atoms with Crippen LogP contribution in [-0.4, -0.2) is 5.78 Å². The van der Waals surface area contributed by atoms with Gasteiger partial charge in [0.25, 0.3) is 0 Å². The van der Waals surface area contributed by atoms with E-state index < -0.39 is 0 Å². The molecule has 0 unspecified atom stereocenters. The van der Waals surface area contributed by atoms with Gasteiger partial charge in [-0.3, -0.25) is 4.79 Å². The standard InChI is InChI=1S/C9H12O/c1-4-6-9(5-2)7-8(3)10/h4-6H,1-2,7H2,3H3/b9-6+. The van der Waals surface area contributed by atoms with Crippen LogP contribution in [0, 0.1) is 0 Å². The summed E-state index contributed by atoms with van der Waals surface area (Å²) in [6.45, 7) is 8.64. The number of carbonyl (C=O) groups is 1. The van der Waals surface area contributed by atoms with Crippen molar-refractivity contribution >= 4 is 5.78 Å². The summed E-state index contributed by atoms with van der Waals surface area (Å²) in [6, 6.07) is 0. The number of rotatable bonds is 4. The van der Waals surface area contributed by atoms with Gasteiger partial charge < -0.3 is 0 Å². The lowest BCUT2D eigenvalue weighted by atomic mass is 10.1. The Kier molecular flexibility index (Phi) is 4.21. The molecule has 54 valence electrons. The summed E-state index contributed by atoms with van der Waals surface area (Å²) in [5.41, 5.74) is 0.919. The Labute approximate surface area is 61.8 Å². The average molecular weight is 136 g/mol. The minimum Gasteiger partial charge on any atom is -0.300 e. The molecule has 0 spiro atoms. The Bertz CT molecular complexity index is 175. The van der Waals surface area contributed by atoms with E-state index in [0.29, 0.717) is 6.42 Å². The number of carbonyl (C=O) groups excluding carboxylic acids is 1. The lowest BCUT2D eigenvalue weighted by Crippen LogP contribution is -1.90. The first kappa shape index (κ1) is 8.89. The first-order chi connectivity index (χ1) is 4.70. The van der Waals surface area contributed by atoms with Crippen molar-refractivity contribution in [1.29, 1.82) is 0 Å². The Balaban J connectivity index is 4.08. The highest BCUT2D eigenvalue weighted by atomic mass is 16.1. The van der Waals surface area contributed by atoms with Crippen molar-refractivity contribution in [3.8, 4) is 0 Å². The summed E-state index contributed by atoms with van der Waals surface area (Å²) in [7, 11) is 0. The molecule has 0 heterocycles. The van der Waals surface area contributed by atoms with Crippen LogP contribution in [0.5, 0.6) is 0 Å². The van der Waals surface area contributed by atoms with E-state index in [4.69, 9.17) is 0 Å². The quantitative estimate of drug-likeness (QED) is 0.542. The smallest absolute Gasteiger partial charge is 0.134 e. The molecule has 0 rings (SSSR count). The van der Waals surface area contributed by atoms with Crippen molar-refractivity contribution in [2.24, 2.45) is 0 Å². The molecule has 0 fully saturated rings. The van der Waals surface area contributed by atoms with E-state index in [9.17, 15) is 4.79 Å². The van der Waals surface area contributed by atoms with Crippen LogP contribution in [0.4, 0.5) is 0 Å². The molecule has 0 saturated heterocycles. The average Bonchev–Trinajstić information content (AvgIpc) is 1.86. The Morgan fingerprint density at radius 2 is 2.10 bits per heavy atom. The summed E-state index contributed by atoms with van der Waals surface area (Å²) in [5, 5.41) is 0. The third-order valence-corrected chi connectivity index (χ3v) is 1.05. The van der Waals surface area contributed by atoms with E-state index in [2.05, 4.69) is 13.2 Å². The number of allylic oxidation sites excluding steroid dienone is 4. The van der Waals surface area contributed by atoms with Gasteiger partial charge in [0.1, 0.15) is 5.78 Å². The third kappa shape index (κ3) is 3.84. The number of Topliss-reactive ketones (excluding diaryl/α,β-unsaturated/α-hetero) is 1. The maximum atomic E-state index is 10.6. The highest BCUT2D eigenvalue weighted by molar-refractivity contribution is 5.78. The van der Waals surface area contributed by atoms with Crippen molar-refractivity contribution in [2.75, 3.05) is 0 Å². The molecule has 0 aliphatic heterocycles. The summed E-state index contributed by atoms with van der Waals surface area (Å²) >= 11 is 0. The van der Waals surface area contributed by atoms with Crippen molar-refractivity contribution < 1.29 is 4.79 Å². The molecular formula is C9H12O. The Morgan fingerprint density at radius 1 is 1.50 bits per heavy atom. The predicted molar refractivity (Wildman–Crippen MR) is 43.8 cm³/mol. The maximum absolute atomic E-state index is 10.6. The largest absolute Gasteiger partial charge is 0.300 e. The zero-order valence-electron chi connectivity index (χ0n) is 6.26. The molecule has 0 radical (unpaired) electrons. The summed E-state index contributed by atoms with van der Waals surface area (Å²) in [5.74, 6) is 0.146. The second-order valence-corrected chi connectivity index (χ2v) is 2.06. The number of ketones is 1. The molecule has 1 nitrogen and oxygen atoms in total. The van der Waals surface area contributed by atoms with E-state index in [1.54, 1.807) is 25.2 Å². The first-order valence-electron chi connectivity index (χ1n) is 3.14. The van der Waals surface area contributed by atoms with Crippen molar-refractivity contribution in [3.05, 3.63) is 37.0 Å². The van der Waals surface area contributed by atoms with Gasteiger partial charge in [0, 0.05) is 6.42 Å². The number of hydrogen-bond acceptors (Lipinski definition) is 1. The van der Waals surface area contributed by atoms with Crippen LogP contribution in [0.1, 0.15) is 13.3 Å². The first-order valence-corrected chi connectivity index (χ1v) is 3.14. The monoisotopic (exact) mass is 136 g/mol. The van der Waals surface area contributed by atoms with Crippen LogP contribution in [0.25, 0.3) is 0 Å². The highest BCUT2D eigenvalue weighted by Crippen LogP contribution is 2.02. The summed E-state index contributed by atoms with van der Waals surface area (Å²) in [4.78, 5) is 10.6. The molecule has 0 aliphatic rings. The fourth-order valence-electron chi connectivity index (χ4n) is 0.638. The summed E-state index contributed by atoms with van der Waals surface area (Å²) < 4.78 is 0. The van der Waals surface area contributed by atoms with E-state index >= 15 is 0 Å². The highest BCUT2D eigenvalue weighted by Gasteiger charge is 1.94. The molecule has 0 aromatic carbocycles. The summed E-state index contributed by atoms with van der Waals surface area (Å²) in [6.07, 6.45) is 5.56. The molecule has 10 heavy (non-hydrogen) atoms. The number of hydrogen-bond donors (Lipinski definition) is 0. The van der Waals surface area contributed by atoms with E-state index in [1.165, 1.54) is 0 Å². The van der Waals surface area contributed by atoms with Gasteiger partial charge in [0.2, 0.25) is 0 Å². The van der Waals surface area contributed by atoms with Crippen LogP contribution < -0.4 is 0 Å². The predicted octanol–water partition coefficient (Wildman–Crippen LogP) is 2.26. The van der Waals surface area contributed by atoms with Gasteiger partial charge in [0.15, 0.2) is 0 Å². The van der Waals surface area contributed by atoms with Gasteiger partial charge in [-0.1, -0.05) is 31.4 Å². The molecule has 0 saturated carbocycles. The zero-order chi connectivity index (χ0) is 7.98. The molecule has 0 amide bonds. The lowest BCUT2D eigenvalue weighted by Gasteiger charge is -1.93. The van der Waals surface area contributed by atoms with Crippen LogP contribution in [-0.2, 0) is 4.79 Å². The lowest BCUT2D eigenvalue weighted by molar-refractivity contribution is -0.116. The molecule has 0 bridgehead atoms. The third-order valence-electron chi connectivity index (χ3n) is 1.05. The molecular weight excluding hydrogens is 124 g/mol.